The monoisotopic (exact) mass is 428 g/mol. The van der Waals surface area contributed by atoms with Crippen LogP contribution < -0.4 is 0 Å². The zero-order chi connectivity index (χ0) is 24.1. The van der Waals surface area contributed by atoms with Gasteiger partial charge in [-0.3, -0.25) is 0 Å². The second kappa shape index (κ2) is 13.7. The summed E-state index contributed by atoms with van der Waals surface area (Å²) in [5.41, 5.74) is 9.38. The molecule has 32 heavy (non-hydrogen) atoms. The molecular weight excluding hydrogens is 384 g/mol. The summed E-state index contributed by atoms with van der Waals surface area (Å²) in [4.78, 5) is 0. The first-order valence-electron chi connectivity index (χ1n) is 11.8. The van der Waals surface area contributed by atoms with Crippen molar-refractivity contribution in [1.82, 2.24) is 0 Å². The molecule has 0 atom stereocenters. The molecule has 0 radical (unpaired) electrons. The third-order valence-corrected chi connectivity index (χ3v) is 5.98. The maximum Gasteiger partial charge on any atom is -0.0104 e. The molecule has 1 aliphatic carbocycles. The first-order valence-corrected chi connectivity index (χ1v) is 11.8. The van der Waals surface area contributed by atoms with Crippen molar-refractivity contribution < 1.29 is 0 Å². The molecule has 0 N–H and O–H groups in total. The van der Waals surface area contributed by atoms with Gasteiger partial charge in [0.15, 0.2) is 0 Å². The second-order valence-electron chi connectivity index (χ2n) is 9.73. The van der Waals surface area contributed by atoms with E-state index in [9.17, 15) is 0 Å². The summed E-state index contributed by atoms with van der Waals surface area (Å²) in [6, 6.07) is 0. The third kappa shape index (κ3) is 10.6. The zero-order valence-electron chi connectivity index (χ0n) is 21.8. The molecule has 0 saturated heterocycles. The first-order chi connectivity index (χ1) is 15.0. The number of hydrogen-bond donors (Lipinski definition) is 0. The van der Waals surface area contributed by atoms with Crippen molar-refractivity contribution >= 4 is 0 Å². The number of rotatable bonds is 9. The molecule has 0 saturated carbocycles. The van der Waals surface area contributed by atoms with Crippen LogP contribution in [0.4, 0.5) is 0 Å². The minimum atomic E-state index is 0.295. The Kier molecular flexibility index (Phi) is 11.8. The van der Waals surface area contributed by atoms with Gasteiger partial charge in [0.05, 0.1) is 0 Å². The van der Waals surface area contributed by atoms with Crippen molar-refractivity contribution in [1.29, 1.82) is 0 Å². The SMILES string of the molecule is C=C(C)\C(C)=C/C=C/C(C)=C/C=C/C=C(C)/C=C/C=C(C)/C=C/C1=C(C)CCCC1(C)C. The molecule has 0 aromatic rings. The summed E-state index contributed by atoms with van der Waals surface area (Å²) < 4.78 is 0. The van der Waals surface area contributed by atoms with Crippen LogP contribution in [0.25, 0.3) is 0 Å². The van der Waals surface area contributed by atoms with Crippen LogP contribution in [0.2, 0.25) is 0 Å². The van der Waals surface area contributed by atoms with Gasteiger partial charge in [-0.05, 0) is 77.4 Å². The molecule has 1 rings (SSSR count). The molecule has 1 aliphatic rings. The maximum absolute atomic E-state index is 3.95. The Morgan fingerprint density at radius 1 is 0.750 bits per heavy atom. The van der Waals surface area contributed by atoms with Crippen molar-refractivity contribution in [3.8, 4) is 0 Å². The van der Waals surface area contributed by atoms with Gasteiger partial charge in [-0.1, -0.05) is 121 Å². The molecule has 0 heteroatoms. The van der Waals surface area contributed by atoms with Crippen LogP contribution >= 0.6 is 0 Å². The molecule has 0 fully saturated rings. The van der Waals surface area contributed by atoms with Gasteiger partial charge in [-0.25, -0.2) is 0 Å². The number of allylic oxidation sites excluding steroid dienone is 19. The standard InChI is InChI=1S/C32H44/c1-25(2)29(6)20-13-19-27(4)16-11-10-15-26(3)17-12-18-28(5)22-23-31-30(7)21-14-24-32(31,8)9/h10-13,15-20,22-23H,1,14,21,24H2,2-9H3/b11-10+,17-12+,19-13+,23-22+,26-15+,27-16+,28-18+,29-20-. The Morgan fingerprint density at radius 2 is 1.25 bits per heavy atom. The summed E-state index contributed by atoms with van der Waals surface area (Å²) in [7, 11) is 0. The van der Waals surface area contributed by atoms with Gasteiger partial charge in [0.25, 0.3) is 0 Å². The van der Waals surface area contributed by atoms with E-state index in [1.807, 2.05) is 6.92 Å². The number of hydrogen-bond acceptors (Lipinski definition) is 0. The zero-order valence-corrected chi connectivity index (χ0v) is 21.8. The van der Waals surface area contributed by atoms with Gasteiger partial charge in [0.1, 0.15) is 0 Å². The smallest absolute Gasteiger partial charge is 0.0104 e. The molecule has 0 nitrogen and oxygen atoms in total. The minimum Gasteiger partial charge on any atom is -0.0958 e. The van der Waals surface area contributed by atoms with Gasteiger partial charge in [0, 0.05) is 0 Å². The van der Waals surface area contributed by atoms with E-state index in [0.29, 0.717) is 5.41 Å². The van der Waals surface area contributed by atoms with Crippen molar-refractivity contribution in [3.63, 3.8) is 0 Å². The fourth-order valence-corrected chi connectivity index (χ4v) is 3.64. The van der Waals surface area contributed by atoms with Crippen LogP contribution in [0, 0.1) is 5.41 Å². The Morgan fingerprint density at radius 3 is 1.78 bits per heavy atom. The molecular formula is C32H44. The Bertz CT molecular complexity index is 925. The normalized spacial score (nSPS) is 19.4. The van der Waals surface area contributed by atoms with Crippen molar-refractivity contribution in [2.24, 2.45) is 5.41 Å². The van der Waals surface area contributed by atoms with E-state index in [2.05, 4.69) is 128 Å². The highest BCUT2D eigenvalue weighted by molar-refractivity contribution is 5.37. The van der Waals surface area contributed by atoms with Crippen molar-refractivity contribution in [2.75, 3.05) is 0 Å². The first kappa shape index (κ1) is 27.4. The molecule has 172 valence electrons. The second-order valence-corrected chi connectivity index (χ2v) is 9.73. The summed E-state index contributed by atoms with van der Waals surface area (Å²) in [5.74, 6) is 0. The molecule has 0 aromatic carbocycles. The van der Waals surface area contributed by atoms with Crippen molar-refractivity contribution in [3.05, 3.63) is 119 Å². The van der Waals surface area contributed by atoms with E-state index < -0.39 is 0 Å². The van der Waals surface area contributed by atoms with Crippen LogP contribution in [-0.4, -0.2) is 0 Å². The predicted octanol–water partition coefficient (Wildman–Crippen LogP) is 10.1. The molecule has 0 bridgehead atoms. The van der Waals surface area contributed by atoms with Gasteiger partial charge in [0.2, 0.25) is 0 Å². The summed E-state index contributed by atoms with van der Waals surface area (Å²) in [6.07, 6.45) is 29.6. The fraction of sp³-hybridized carbons (Fsp3) is 0.375. The summed E-state index contributed by atoms with van der Waals surface area (Å²) in [6.45, 7) is 21.5. The highest BCUT2D eigenvalue weighted by atomic mass is 14.3. The van der Waals surface area contributed by atoms with Crippen LogP contribution in [0.1, 0.15) is 74.7 Å². The Balaban J connectivity index is 2.65. The van der Waals surface area contributed by atoms with E-state index >= 15 is 0 Å². The lowest BCUT2D eigenvalue weighted by Gasteiger charge is -2.32. The quantitative estimate of drug-likeness (QED) is 0.320. The van der Waals surface area contributed by atoms with Gasteiger partial charge < -0.3 is 0 Å². The molecule has 0 aliphatic heterocycles. The highest BCUT2D eigenvalue weighted by Gasteiger charge is 2.26. The van der Waals surface area contributed by atoms with Crippen LogP contribution in [0.5, 0.6) is 0 Å². The van der Waals surface area contributed by atoms with E-state index in [1.165, 1.54) is 47.1 Å². The third-order valence-electron chi connectivity index (χ3n) is 5.98. The average Bonchev–Trinajstić information content (AvgIpc) is 2.70. The van der Waals surface area contributed by atoms with Crippen LogP contribution in [-0.2, 0) is 0 Å². The largest absolute Gasteiger partial charge is 0.0958 e. The van der Waals surface area contributed by atoms with Crippen LogP contribution in [0.15, 0.2) is 119 Å². The molecule has 0 spiro atoms. The topological polar surface area (TPSA) is 0 Å². The Labute approximate surface area is 198 Å². The minimum absolute atomic E-state index is 0.295. The van der Waals surface area contributed by atoms with E-state index in [4.69, 9.17) is 0 Å². The van der Waals surface area contributed by atoms with E-state index in [0.717, 1.165) is 5.57 Å². The van der Waals surface area contributed by atoms with Crippen LogP contribution in [0.3, 0.4) is 0 Å². The van der Waals surface area contributed by atoms with Gasteiger partial charge in [-0.15, -0.1) is 0 Å². The average molecular weight is 429 g/mol. The fourth-order valence-electron chi connectivity index (χ4n) is 3.64. The van der Waals surface area contributed by atoms with Gasteiger partial charge in [-0.2, -0.15) is 0 Å². The lowest BCUT2D eigenvalue weighted by Crippen LogP contribution is -2.19. The van der Waals surface area contributed by atoms with Gasteiger partial charge >= 0.3 is 0 Å². The molecule has 0 unspecified atom stereocenters. The predicted molar refractivity (Wildman–Crippen MR) is 147 cm³/mol. The molecule has 0 heterocycles. The lowest BCUT2D eigenvalue weighted by molar-refractivity contribution is 0.377. The maximum atomic E-state index is 3.95. The van der Waals surface area contributed by atoms with E-state index in [-0.39, 0.29) is 0 Å². The van der Waals surface area contributed by atoms with Crippen molar-refractivity contribution in [2.45, 2.75) is 74.7 Å². The van der Waals surface area contributed by atoms with E-state index in [1.54, 1.807) is 5.57 Å². The summed E-state index contributed by atoms with van der Waals surface area (Å²) in [5, 5.41) is 0. The highest BCUT2D eigenvalue weighted by Crippen LogP contribution is 2.40. The summed E-state index contributed by atoms with van der Waals surface area (Å²) >= 11 is 0. The molecule has 0 aromatic heterocycles. The molecule has 0 amide bonds. The Hall–Kier alpha value is -2.60. The lowest BCUT2D eigenvalue weighted by atomic mass is 9.72.